The lowest BCUT2D eigenvalue weighted by atomic mass is 9.87. The van der Waals surface area contributed by atoms with Gasteiger partial charge in [-0.25, -0.2) is 0 Å². The number of hydrogen-bond acceptors (Lipinski definition) is 3. The number of nitrogens with zero attached hydrogens (tertiary/aromatic N) is 2. The van der Waals surface area contributed by atoms with Gasteiger partial charge in [0.25, 0.3) is 0 Å². The Bertz CT molecular complexity index is 331. The molecule has 0 amide bonds. The predicted octanol–water partition coefficient (Wildman–Crippen LogP) is 1.96. The third-order valence-corrected chi connectivity index (χ3v) is 3.94. The summed E-state index contributed by atoms with van der Waals surface area (Å²) in [5.41, 5.74) is 7.16. The van der Waals surface area contributed by atoms with Crippen molar-refractivity contribution in [1.82, 2.24) is 9.88 Å². The summed E-state index contributed by atoms with van der Waals surface area (Å²) in [6, 6.07) is 4.16. The Labute approximate surface area is 116 Å². The molecule has 4 heteroatoms. The lowest BCUT2D eigenvalue weighted by Crippen LogP contribution is -2.43. The number of likely N-dealkylation sites (tertiary alicyclic amines) is 1. The van der Waals surface area contributed by atoms with Crippen molar-refractivity contribution in [2.45, 2.75) is 19.8 Å². The first-order valence-electron chi connectivity index (χ1n) is 6.61. The van der Waals surface area contributed by atoms with E-state index in [-0.39, 0.29) is 12.4 Å². The number of rotatable bonds is 4. The van der Waals surface area contributed by atoms with Gasteiger partial charge >= 0.3 is 0 Å². The fourth-order valence-corrected chi connectivity index (χ4v) is 2.57. The van der Waals surface area contributed by atoms with Crippen LogP contribution in [0.1, 0.15) is 18.9 Å². The highest BCUT2D eigenvalue weighted by atomic mass is 35.5. The van der Waals surface area contributed by atoms with E-state index in [4.69, 9.17) is 5.73 Å². The van der Waals surface area contributed by atoms with Crippen molar-refractivity contribution in [3.05, 3.63) is 30.1 Å². The molecule has 2 N–H and O–H groups in total. The second-order valence-electron chi connectivity index (χ2n) is 5.17. The Morgan fingerprint density at radius 3 is 3.00 bits per heavy atom. The molecule has 1 aliphatic heterocycles. The van der Waals surface area contributed by atoms with E-state index in [1.807, 2.05) is 18.5 Å². The van der Waals surface area contributed by atoms with Crippen LogP contribution in [0.25, 0.3) is 0 Å². The molecule has 2 heterocycles. The second kappa shape index (κ2) is 7.72. The molecule has 0 aromatic carbocycles. The van der Waals surface area contributed by atoms with Crippen molar-refractivity contribution in [2.24, 2.45) is 17.6 Å². The van der Waals surface area contributed by atoms with E-state index in [0.29, 0.717) is 5.92 Å². The maximum absolute atomic E-state index is 5.83. The first kappa shape index (κ1) is 15.4. The van der Waals surface area contributed by atoms with Gasteiger partial charge in [0.05, 0.1) is 0 Å². The minimum absolute atomic E-state index is 0. The topological polar surface area (TPSA) is 42.2 Å². The summed E-state index contributed by atoms with van der Waals surface area (Å²) >= 11 is 0. The zero-order valence-electron chi connectivity index (χ0n) is 11.1. The maximum atomic E-state index is 5.83. The molecule has 0 aliphatic carbocycles. The average Bonchev–Trinajstić information content (AvgIpc) is 2.39. The highest BCUT2D eigenvalue weighted by molar-refractivity contribution is 5.85. The lowest BCUT2D eigenvalue weighted by molar-refractivity contribution is 0.133. The van der Waals surface area contributed by atoms with Crippen molar-refractivity contribution in [3.8, 4) is 0 Å². The normalized spacial score (nSPS) is 24.6. The molecule has 1 aliphatic rings. The molecule has 2 rings (SSSR count). The van der Waals surface area contributed by atoms with Gasteiger partial charge in [-0.15, -0.1) is 12.4 Å². The smallest absolute Gasteiger partial charge is 0.0300 e. The average molecular weight is 270 g/mol. The first-order valence-corrected chi connectivity index (χ1v) is 6.61. The molecule has 1 aromatic rings. The molecule has 0 radical (unpaired) electrons. The highest BCUT2D eigenvalue weighted by Gasteiger charge is 2.24. The van der Waals surface area contributed by atoms with Gasteiger partial charge in [0.2, 0.25) is 0 Å². The number of pyridine rings is 1. The first-order chi connectivity index (χ1) is 8.29. The van der Waals surface area contributed by atoms with Crippen molar-refractivity contribution in [2.75, 3.05) is 26.2 Å². The maximum Gasteiger partial charge on any atom is 0.0300 e. The predicted molar refractivity (Wildman–Crippen MR) is 78.0 cm³/mol. The summed E-state index contributed by atoms with van der Waals surface area (Å²) in [5, 5.41) is 0. The van der Waals surface area contributed by atoms with Gasteiger partial charge in [-0.3, -0.25) is 4.98 Å². The molecule has 0 bridgehead atoms. The molecule has 2 unspecified atom stereocenters. The molecule has 1 fully saturated rings. The van der Waals surface area contributed by atoms with Crippen LogP contribution in [-0.4, -0.2) is 36.1 Å². The van der Waals surface area contributed by atoms with E-state index in [1.165, 1.54) is 18.5 Å². The fraction of sp³-hybridized carbons (Fsp3) is 0.643. The molecule has 0 spiro atoms. The number of piperidine rings is 1. The summed E-state index contributed by atoms with van der Waals surface area (Å²) in [5.74, 6) is 1.47. The number of hydrogen-bond donors (Lipinski definition) is 1. The molecule has 1 saturated heterocycles. The van der Waals surface area contributed by atoms with Crippen LogP contribution in [0, 0.1) is 11.8 Å². The fourth-order valence-electron chi connectivity index (χ4n) is 2.57. The van der Waals surface area contributed by atoms with Crippen LogP contribution >= 0.6 is 12.4 Å². The van der Waals surface area contributed by atoms with E-state index in [1.54, 1.807) is 0 Å². The van der Waals surface area contributed by atoms with Crippen LogP contribution in [0.5, 0.6) is 0 Å². The van der Waals surface area contributed by atoms with Crippen LogP contribution in [-0.2, 0) is 6.42 Å². The largest absolute Gasteiger partial charge is 0.330 e. The molecule has 2 atom stereocenters. The zero-order chi connectivity index (χ0) is 12.1. The van der Waals surface area contributed by atoms with Crippen LogP contribution in [0.4, 0.5) is 0 Å². The highest BCUT2D eigenvalue weighted by Crippen LogP contribution is 2.22. The lowest BCUT2D eigenvalue weighted by Gasteiger charge is -2.36. The van der Waals surface area contributed by atoms with E-state index in [2.05, 4.69) is 22.9 Å². The van der Waals surface area contributed by atoms with E-state index in [0.717, 1.165) is 32.0 Å². The molecule has 0 saturated carbocycles. The summed E-state index contributed by atoms with van der Waals surface area (Å²) in [6.45, 7) is 6.67. The molecular formula is C14H24ClN3. The summed E-state index contributed by atoms with van der Waals surface area (Å²) < 4.78 is 0. The van der Waals surface area contributed by atoms with Crippen LogP contribution in [0.2, 0.25) is 0 Å². The van der Waals surface area contributed by atoms with Gasteiger partial charge in [0.15, 0.2) is 0 Å². The molecule has 18 heavy (non-hydrogen) atoms. The van der Waals surface area contributed by atoms with Crippen molar-refractivity contribution in [1.29, 1.82) is 0 Å². The Kier molecular flexibility index (Phi) is 6.61. The van der Waals surface area contributed by atoms with Gasteiger partial charge in [0.1, 0.15) is 0 Å². The van der Waals surface area contributed by atoms with Gasteiger partial charge in [0, 0.05) is 25.5 Å². The summed E-state index contributed by atoms with van der Waals surface area (Å²) in [6.07, 6.45) is 6.18. The Morgan fingerprint density at radius 2 is 2.33 bits per heavy atom. The Morgan fingerprint density at radius 1 is 1.50 bits per heavy atom. The summed E-state index contributed by atoms with van der Waals surface area (Å²) in [7, 11) is 0. The van der Waals surface area contributed by atoms with E-state index in [9.17, 15) is 0 Å². The van der Waals surface area contributed by atoms with Gasteiger partial charge in [-0.05, 0) is 49.4 Å². The third kappa shape index (κ3) is 4.23. The third-order valence-electron chi connectivity index (χ3n) is 3.94. The Hall–Kier alpha value is -0.640. The zero-order valence-corrected chi connectivity index (χ0v) is 11.9. The molecule has 3 nitrogen and oxygen atoms in total. The van der Waals surface area contributed by atoms with Crippen LogP contribution in [0.15, 0.2) is 24.5 Å². The van der Waals surface area contributed by atoms with Crippen LogP contribution in [0.3, 0.4) is 0 Å². The van der Waals surface area contributed by atoms with E-state index < -0.39 is 0 Å². The SMILES string of the molecule is CC1CCN(CCc2cccnc2)CC1CN.Cl. The number of halogens is 1. The number of nitrogens with two attached hydrogens (primary N) is 1. The molecular weight excluding hydrogens is 246 g/mol. The minimum atomic E-state index is 0. The monoisotopic (exact) mass is 269 g/mol. The standard InChI is InChI=1S/C14H23N3.ClH/c1-12-4-7-17(11-14(12)9-15)8-5-13-3-2-6-16-10-13;/h2-3,6,10,12,14H,4-5,7-9,11,15H2,1H3;1H. The number of aromatic nitrogens is 1. The van der Waals surface area contributed by atoms with E-state index >= 15 is 0 Å². The van der Waals surface area contributed by atoms with Crippen molar-refractivity contribution in [3.63, 3.8) is 0 Å². The van der Waals surface area contributed by atoms with Gasteiger partial charge in [-0.2, -0.15) is 0 Å². The van der Waals surface area contributed by atoms with Crippen LogP contribution < -0.4 is 5.73 Å². The quantitative estimate of drug-likeness (QED) is 0.909. The van der Waals surface area contributed by atoms with Gasteiger partial charge < -0.3 is 10.6 Å². The molecule has 102 valence electrons. The van der Waals surface area contributed by atoms with Crippen molar-refractivity contribution < 1.29 is 0 Å². The van der Waals surface area contributed by atoms with Crippen molar-refractivity contribution >= 4 is 12.4 Å². The van der Waals surface area contributed by atoms with Gasteiger partial charge in [-0.1, -0.05) is 13.0 Å². The summed E-state index contributed by atoms with van der Waals surface area (Å²) in [4.78, 5) is 6.70. The molecule has 1 aromatic heterocycles. The minimum Gasteiger partial charge on any atom is -0.330 e. The Balaban J connectivity index is 0.00000162. The second-order valence-corrected chi connectivity index (χ2v) is 5.17.